The van der Waals surface area contributed by atoms with Crippen molar-refractivity contribution in [2.75, 3.05) is 6.61 Å². The first-order valence-electron chi connectivity index (χ1n) is 6.45. The summed E-state index contributed by atoms with van der Waals surface area (Å²) < 4.78 is 6.46. The molecule has 0 bridgehead atoms. The van der Waals surface area contributed by atoms with E-state index in [1.165, 1.54) is 0 Å². The van der Waals surface area contributed by atoms with Gasteiger partial charge in [0.2, 0.25) is 8.32 Å². The Morgan fingerprint density at radius 1 is 0.688 bits per heavy atom. The Bertz CT molecular complexity index is 189. The molecule has 0 saturated carbocycles. The van der Waals surface area contributed by atoms with Crippen molar-refractivity contribution in [2.45, 2.75) is 84.4 Å². The lowest BCUT2D eigenvalue weighted by Crippen LogP contribution is -2.60. The molecule has 1 nitrogen and oxygen atoms in total. The molecule has 0 aromatic rings. The molecule has 0 heterocycles. The molecule has 0 radical (unpaired) electrons. The van der Waals surface area contributed by atoms with E-state index >= 15 is 0 Å². The summed E-state index contributed by atoms with van der Waals surface area (Å²) in [6, 6.07) is 0. The van der Waals surface area contributed by atoms with Crippen LogP contribution in [0.5, 0.6) is 0 Å². The van der Waals surface area contributed by atoms with Gasteiger partial charge in [0.05, 0.1) is 0 Å². The highest BCUT2D eigenvalue weighted by Crippen LogP contribution is 2.62. The van der Waals surface area contributed by atoms with Crippen molar-refractivity contribution in [1.82, 2.24) is 0 Å². The molecule has 0 unspecified atom stereocenters. The van der Waals surface area contributed by atoms with Gasteiger partial charge in [-0.1, -0.05) is 62.3 Å². The fourth-order valence-electron chi connectivity index (χ4n) is 4.24. The van der Waals surface area contributed by atoms with E-state index in [4.69, 9.17) is 4.43 Å². The predicted molar refractivity (Wildman–Crippen MR) is 76.5 cm³/mol. The molecule has 0 fully saturated rings. The second-order valence-electron chi connectivity index (χ2n) is 7.86. The van der Waals surface area contributed by atoms with E-state index in [0.29, 0.717) is 0 Å². The molecular formula is C14H32OSi. The van der Waals surface area contributed by atoms with Gasteiger partial charge in [-0.15, -0.1) is 0 Å². The minimum Gasteiger partial charge on any atom is -0.416 e. The summed E-state index contributed by atoms with van der Waals surface area (Å²) in [6.07, 6.45) is 0. The van der Waals surface area contributed by atoms with Crippen LogP contribution in [0.15, 0.2) is 0 Å². The highest BCUT2D eigenvalue weighted by atomic mass is 28.4. The second kappa shape index (κ2) is 4.45. The molecule has 2 heteroatoms. The van der Waals surface area contributed by atoms with Crippen molar-refractivity contribution in [3.63, 3.8) is 0 Å². The van der Waals surface area contributed by atoms with Crippen LogP contribution in [0, 0.1) is 0 Å². The fourth-order valence-corrected chi connectivity index (χ4v) is 12.7. The topological polar surface area (TPSA) is 9.23 Å². The van der Waals surface area contributed by atoms with Crippen molar-refractivity contribution >= 4 is 8.32 Å². The summed E-state index contributed by atoms with van der Waals surface area (Å²) >= 11 is 0. The van der Waals surface area contributed by atoms with Gasteiger partial charge in [0.25, 0.3) is 0 Å². The van der Waals surface area contributed by atoms with Gasteiger partial charge >= 0.3 is 0 Å². The van der Waals surface area contributed by atoms with Crippen molar-refractivity contribution < 1.29 is 4.43 Å². The zero-order valence-electron chi connectivity index (χ0n) is 13.1. The standard InChI is InChI=1S/C14H32OSi/c1-11-15-16(12(2,3)4,13(5,6)7)14(8,9)10/h11H2,1-10H3. The molecule has 0 N–H and O–H groups in total. The van der Waals surface area contributed by atoms with Crippen LogP contribution in [0.1, 0.15) is 69.2 Å². The van der Waals surface area contributed by atoms with Gasteiger partial charge in [-0.3, -0.25) is 0 Å². The summed E-state index contributed by atoms with van der Waals surface area (Å²) in [5, 5.41) is 0.749. The minimum absolute atomic E-state index is 0.250. The van der Waals surface area contributed by atoms with Crippen LogP contribution in [0.3, 0.4) is 0 Å². The maximum Gasteiger partial charge on any atom is 0.208 e. The zero-order valence-corrected chi connectivity index (χ0v) is 14.1. The first-order chi connectivity index (χ1) is 6.81. The summed E-state index contributed by atoms with van der Waals surface area (Å²) in [7, 11) is -1.90. The summed E-state index contributed by atoms with van der Waals surface area (Å²) in [5.74, 6) is 0. The van der Waals surface area contributed by atoms with E-state index in [-0.39, 0.29) is 15.1 Å². The Balaban J connectivity index is 5.82. The molecule has 16 heavy (non-hydrogen) atoms. The maximum atomic E-state index is 6.46. The van der Waals surface area contributed by atoms with Gasteiger partial charge in [-0.2, -0.15) is 0 Å². The third kappa shape index (κ3) is 2.53. The van der Waals surface area contributed by atoms with Crippen molar-refractivity contribution in [3.05, 3.63) is 0 Å². The fraction of sp³-hybridized carbons (Fsp3) is 1.00. The van der Waals surface area contributed by atoms with E-state index in [0.717, 1.165) is 6.61 Å². The Hall–Kier alpha value is 0.177. The quantitative estimate of drug-likeness (QED) is 0.593. The predicted octanol–water partition coefficient (Wildman–Crippen LogP) is 5.37. The molecule has 0 aliphatic rings. The van der Waals surface area contributed by atoms with Crippen LogP contribution in [0.4, 0.5) is 0 Å². The number of rotatable bonds is 2. The average Bonchev–Trinajstić information content (AvgIpc) is 1.91. The first kappa shape index (κ1) is 16.2. The maximum absolute atomic E-state index is 6.46. The van der Waals surface area contributed by atoms with Crippen LogP contribution in [-0.2, 0) is 4.43 Å². The van der Waals surface area contributed by atoms with E-state index in [1.54, 1.807) is 0 Å². The zero-order chi connectivity index (χ0) is 13.4. The summed E-state index contributed by atoms with van der Waals surface area (Å²) in [4.78, 5) is 0. The van der Waals surface area contributed by atoms with Crippen LogP contribution >= 0.6 is 0 Å². The highest BCUT2D eigenvalue weighted by molar-refractivity contribution is 6.82. The van der Waals surface area contributed by atoms with Crippen molar-refractivity contribution in [3.8, 4) is 0 Å². The van der Waals surface area contributed by atoms with E-state index in [1.807, 2.05) is 0 Å². The molecule has 0 aromatic carbocycles. The summed E-state index contributed by atoms with van der Waals surface area (Å²) in [5.41, 5.74) is 0. The normalized spacial score (nSPS) is 15.4. The lowest BCUT2D eigenvalue weighted by Gasteiger charge is -2.57. The van der Waals surface area contributed by atoms with Gasteiger partial charge < -0.3 is 4.43 Å². The van der Waals surface area contributed by atoms with Gasteiger partial charge in [0.15, 0.2) is 0 Å². The Morgan fingerprint density at radius 3 is 1.00 bits per heavy atom. The molecule has 0 atom stereocenters. The van der Waals surface area contributed by atoms with E-state index in [9.17, 15) is 0 Å². The van der Waals surface area contributed by atoms with Gasteiger partial charge in [0, 0.05) is 6.61 Å². The van der Waals surface area contributed by atoms with E-state index < -0.39 is 8.32 Å². The third-order valence-corrected chi connectivity index (χ3v) is 10.6. The van der Waals surface area contributed by atoms with E-state index in [2.05, 4.69) is 69.2 Å². The molecule has 0 amide bonds. The Kier molecular flexibility index (Phi) is 4.50. The first-order valence-corrected chi connectivity index (χ1v) is 8.36. The van der Waals surface area contributed by atoms with Gasteiger partial charge in [-0.25, -0.2) is 0 Å². The highest BCUT2D eigenvalue weighted by Gasteiger charge is 2.61. The van der Waals surface area contributed by atoms with Crippen LogP contribution in [0.2, 0.25) is 15.1 Å². The Labute approximate surface area is 104 Å². The monoisotopic (exact) mass is 244 g/mol. The molecule has 0 saturated heterocycles. The molecular weight excluding hydrogens is 212 g/mol. The van der Waals surface area contributed by atoms with Crippen molar-refractivity contribution in [2.24, 2.45) is 0 Å². The molecule has 98 valence electrons. The second-order valence-corrected chi connectivity index (χ2v) is 14.0. The molecule has 0 rings (SSSR count). The smallest absolute Gasteiger partial charge is 0.208 e. The summed E-state index contributed by atoms with van der Waals surface area (Å²) in [6.45, 7) is 24.1. The Morgan fingerprint density at radius 2 is 0.938 bits per heavy atom. The lowest BCUT2D eigenvalue weighted by atomic mass is 10.2. The van der Waals surface area contributed by atoms with Crippen LogP contribution in [0.25, 0.3) is 0 Å². The van der Waals surface area contributed by atoms with Crippen molar-refractivity contribution in [1.29, 1.82) is 0 Å². The SMILES string of the molecule is CCO[Si](C(C)(C)C)(C(C)(C)C)C(C)(C)C. The molecule has 0 spiro atoms. The van der Waals surface area contributed by atoms with Gasteiger partial charge in [-0.05, 0) is 22.0 Å². The molecule has 0 aliphatic carbocycles. The average molecular weight is 244 g/mol. The number of hydrogen-bond acceptors (Lipinski definition) is 1. The van der Waals surface area contributed by atoms with Crippen LogP contribution in [-0.4, -0.2) is 14.9 Å². The van der Waals surface area contributed by atoms with Gasteiger partial charge in [0.1, 0.15) is 0 Å². The largest absolute Gasteiger partial charge is 0.416 e. The third-order valence-electron chi connectivity index (χ3n) is 3.53. The lowest BCUT2D eigenvalue weighted by molar-refractivity contribution is 0.247. The number of hydrogen-bond donors (Lipinski definition) is 0. The molecule has 0 aromatic heterocycles. The minimum atomic E-state index is -1.90. The van der Waals surface area contributed by atoms with Crippen LogP contribution < -0.4 is 0 Å². The molecule has 0 aliphatic heterocycles.